The van der Waals surface area contributed by atoms with E-state index >= 15 is 0 Å². The number of para-hydroxylation sites is 1. The monoisotopic (exact) mass is 887 g/mol. The van der Waals surface area contributed by atoms with Crippen molar-refractivity contribution >= 4 is 67.9 Å². The topological polar surface area (TPSA) is 226 Å². The van der Waals surface area contributed by atoms with Gasteiger partial charge in [0.05, 0.1) is 11.6 Å². The number of carbonyl (C=O) groups is 5. The Morgan fingerprint density at radius 3 is 1.95 bits per heavy atom. The molecule has 0 aliphatic carbocycles. The number of nitrogens with zero attached hydrogens (tertiary/aromatic N) is 1. The van der Waals surface area contributed by atoms with Crippen molar-refractivity contribution in [2.75, 3.05) is 11.9 Å². The highest BCUT2D eigenvalue weighted by Gasteiger charge is 2.32. The van der Waals surface area contributed by atoms with Crippen LogP contribution in [-0.4, -0.2) is 76.3 Å². The lowest BCUT2D eigenvalue weighted by Crippen LogP contribution is -2.59. The number of rotatable bonds is 21. The van der Waals surface area contributed by atoms with Crippen LogP contribution in [0.4, 0.5) is 5.82 Å². The number of nitrogens with one attached hydrogen (secondary N) is 6. The van der Waals surface area contributed by atoms with Gasteiger partial charge in [0.2, 0.25) is 29.5 Å². The number of aromatic nitrogens is 2. The van der Waals surface area contributed by atoms with Crippen LogP contribution in [0.1, 0.15) is 48.4 Å². The van der Waals surface area contributed by atoms with Gasteiger partial charge in [-0.25, -0.2) is 4.98 Å². The second-order valence-corrected chi connectivity index (χ2v) is 16.9. The van der Waals surface area contributed by atoms with Gasteiger partial charge < -0.3 is 43.0 Å². The van der Waals surface area contributed by atoms with Gasteiger partial charge in [0.25, 0.3) is 0 Å². The Balaban J connectivity index is 1.08. The maximum atomic E-state index is 14.6. The molecule has 0 saturated carbocycles. The lowest BCUT2D eigenvalue weighted by atomic mass is 9.99. The minimum atomic E-state index is -1.21. The Hall–Kier alpha value is -7.58. The van der Waals surface area contributed by atoms with E-state index in [1.54, 1.807) is 6.20 Å². The standard InChI is InChI=1S/C52H57N9O5/c1-32-19-23-41-38(26-32)22-24-47(57-41)55-25-11-10-18-43(48(54)62)58-50(64)44(28-34-12-4-3-5-13-34)60-52(66)46(30-39-31-56-42-17-9-8-16-40(39)42)61-51(65)45(59-49(63)33(2)53)29-35-20-21-36-14-6-7-15-37(36)27-35/h3-9,12-17,19-24,26-27,31,33,43-46,56H,10-11,18,25,28-30,53H2,1-2H3,(H2,54,62)(H,55,57)(H,58,64)(H,59,63)(H,60,66)(H,61,65)/t33-,43+,44-,45-,46+/m1/s1. The first kappa shape index (κ1) is 46.4. The number of H-pyrrole nitrogens is 1. The average molecular weight is 888 g/mol. The summed E-state index contributed by atoms with van der Waals surface area (Å²) in [6.45, 7) is 4.15. The molecule has 0 saturated heterocycles. The predicted octanol–water partition coefficient (Wildman–Crippen LogP) is 5.26. The first-order valence-corrected chi connectivity index (χ1v) is 22.3. The van der Waals surface area contributed by atoms with Gasteiger partial charge in [0.15, 0.2) is 0 Å². The first-order valence-electron chi connectivity index (χ1n) is 22.3. The largest absolute Gasteiger partial charge is 0.370 e. The van der Waals surface area contributed by atoms with Crippen LogP contribution in [0, 0.1) is 6.92 Å². The van der Waals surface area contributed by atoms with Crippen molar-refractivity contribution < 1.29 is 24.0 Å². The van der Waals surface area contributed by atoms with Crippen LogP contribution in [0.3, 0.4) is 0 Å². The normalized spacial score (nSPS) is 13.6. The molecule has 66 heavy (non-hydrogen) atoms. The smallest absolute Gasteiger partial charge is 0.243 e. The van der Waals surface area contributed by atoms with E-state index in [9.17, 15) is 24.0 Å². The van der Waals surface area contributed by atoms with Crippen LogP contribution in [0.5, 0.6) is 0 Å². The van der Waals surface area contributed by atoms with Crippen LogP contribution in [0.2, 0.25) is 0 Å². The number of nitrogens with two attached hydrogens (primary N) is 2. The van der Waals surface area contributed by atoms with Crippen molar-refractivity contribution in [2.45, 2.75) is 82.6 Å². The van der Waals surface area contributed by atoms with Crippen LogP contribution in [0.15, 0.2) is 134 Å². The number of carbonyl (C=O) groups excluding carboxylic acids is 5. The van der Waals surface area contributed by atoms with Crippen molar-refractivity contribution in [3.63, 3.8) is 0 Å². The van der Waals surface area contributed by atoms with E-state index in [0.717, 1.165) is 60.6 Å². The van der Waals surface area contributed by atoms with Crippen molar-refractivity contribution in [3.8, 4) is 0 Å². The summed E-state index contributed by atoms with van der Waals surface area (Å²) in [5.74, 6) is -2.38. The lowest BCUT2D eigenvalue weighted by molar-refractivity contribution is -0.134. The number of aryl methyl sites for hydroxylation is 1. The Kier molecular flexibility index (Phi) is 15.4. The molecule has 0 radical (unpaired) electrons. The van der Waals surface area contributed by atoms with Gasteiger partial charge in [0.1, 0.15) is 30.0 Å². The fourth-order valence-corrected chi connectivity index (χ4v) is 8.04. The summed E-state index contributed by atoms with van der Waals surface area (Å²) >= 11 is 0. The average Bonchev–Trinajstić information content (AvgIpc) is 3.72. The van der Waals surface area contributed by atoms with E-state index in [1.807, 2.05) is 128 Å². The van der Waals surface area contributed by atoms with Gasteiger partial charge in [-0.15, -0.1) is 0 Å². The van der Waals surface area contributed by atoms with Crippen molar-refractivity contribution in [2.24, 2.45) is 11.5 Å². The van der Waals surface area contributed by atoms with Gasteiger partial charge in [0, 0.05) is 48.3 Å². The second kappa shape index (κ2) is 21.9. The van der Waals surface area contributed by atoms with E-state index in [-0.39, 0.29) is 25.7 Å². The fraction of sp³-hybridized carbons (Fsp3) is 0.269. The number of unbranched alkanes of at least 4 members (excludes halogenated alkanes) is 1. The number of hydrogen-bond acceptors (Lipinski definition) is 8. The van der Waals surface area contributed by atoms with E-state index < -0.39 is 59.7 Å². The molecule has 5 aromatic carbocycles. The highest BCUT2D eigenvalue weighted by Crippen LogP contribution is 2.21. The van der Waals surface area contributed by atoms with Gasteiger partial charge in [-0.1, -0.05) is 103 Å². The summed E-state index contributed by atoms with van der Waals surface area (Å²) < 4.78 is 0. The summed E-state index contributed by atoms with van der Waals surface area (Å²) in [5.41, 5.74) is 17.0. The van der Waals surface area contributed by atoms with Crippen LogP contribution >= 0.6 is 0 Å². The van der Waals surface area contributed by atoms with E-state index in [4.69, 9.17) is 11.5 Å². The lowest BCUT2D eigenvalue weighted by Gasteiger charge is -2.27. The van der Waals surface area contributed by atoms with Gasteiger partial charge in [-0.2, -0.15) is 0 Å². The maximum Gasteiger partial charge on any atom is 0.243 e. The number of hydrogen-bond donors (Lipinski definition) is 8. The molecule has 2 aromatic heterocycles. The number of amides is 5. The molecule has 2 heterocycles. The van der Waals surface area contributed by atoms with Crippen LogP contribution in [0.25, 0.3) is 32.6 Å². The second-order valence-electron chi connectivity index (χ2n) is 16.9. The number of primary amides is 1. The van der Waals surface area contributed by atoms with Crippen LogP contribution < -0.4 is 38.1 Å². The molecule has 0 spiro atoms. The molecule has 5 amide bonds. The number of fused-ring (bicyclic) bond motifs is 3. The van der Waals surface area contributed by atoms with E-state index in [2.05, 4.69) is 42.6 Å². The molecular weight excluding hydrogens is 831 g/mol. The first-order chi connectivity index (χ1) is 31.9. The third-order valence-corrected chi connectivity index (χ3v) is 11.7. The molecular formula is C52H57N9O5. The Morgan fingerprint density at radius 2 is 1.23 bits per heavy atom. The zero-order chi connectivity index (χ0) is 46.6. The minimum Gasteiger partial charge on any atom is -0.370 e. The zero-order valence-electron chi connectivity index (χ0n) is 37.2. The molecule has 0 fully saturated rings. The number of benzene rings is 5. The summed E-state index contributed by atoms with van der Waals surface area (Å²) in [5, 5.41) is 18.6. The van der Waals surface area contributed by atoms with Gasteiger partial charge >= 0.3 is 0 Å². The molecule has 0 bridgehead atoms. The summed E-state index contributed by atoms with van der Waals surface area (Å²) in [4.78, 5) is 77.0. The minimum absolute atomic E-state index is 0.0392. The van der Waals surface area contributed by atoms with Crippen molar-refractivity contribution in [1.29, 1.82) is 0 Å². The molecule has 7 aromatic rings. The Labute approximate surface area is 383 Å². The zero-order valence-corrected chi connectivity index (χ0v) is 37.2. The molecule has 0 aliphatic heterocycles. The third-order valence-electron chi connectivity index (χ3n) is 11.7. The molecule has 0 aliphatic rings. The quantitative estimate of drug-likeness (QED) is 0.0444. The Morgan fingerprint density at radius 1 is 0.606 bits per heavy atom. The van der Waals surface area contributed by atoms with Crippen LogP contribution in [-0.2, 0) is 43.2 Å². The molecule has 10 N–H and O–H groups in total. The van der Waals surface area contributed by atoms with Gasteiger partial charge in [-0.3, -0.25) is 24.0 Å². The van der Waals surface area contributed by atoms with Crippen molar-refractivity contribution in [1.82, 2.24) is 31.2 Å². The number of anilines is 1. The summed E-state index contributed by atoms with van der Waals surface area (Å²) in [7, 11) is 0. The predicted molar refractivity (Wildman–Crippen MR) is 259 cm³/mol. The molecule has 7 rings (SSSR count). The summed E-state index contributed by atoms with van der Waals surface area (Å²) in [6.07, 6.45) is 3.50. The molecule has 14 nitrogen and oxygen atoms in total. The Bertz CT molecular complexity index is 2830. The SMILES string of the molecule is Cc1ccc2nc(NCCCC[C@H](NC(=O)[C@@H](Cc3ccccc3)NC(=O)[C@H](Cc3c[nH]c4ccccc34)NC(=O)[C@@H](Cc3ccc4ccccc4c3)NC(=O)[C@@H](C)N)C(N)=O)ccc2c1. The van der Waals surface area contributed by atoms with E-state index in [1.165, 1.54) is 6.92 Å². The summed E-state index contributed by atoms with van der Waals surface area (Å²) in [6, 6.07) is 35.0. The molecule has 14 heteroatoms. The molecule has 340 valence electrons. The number of pyridine rings is 1. The van der Waals surface area contributed by atoms with E-state index in [0.29, 0.717) is 19.4 Å². The molecule has 5 atom stereocenters. The third kappa shape index (κ3) is 12.4. The highest BCUT2D eigenvalue weighted by molar-refractivity contribution is 5.97. The maximum absolute atomic E-state index is 14.6. The van der Waals surface area contributed by atoms with Gasteiger partial charge in [-0.05, 0) is 90.9 Å². The highest BCUT2D eigenvalue weighted by atomic mass is 16.2. The number of aromatic amines is 1. The molecule has 0 unspecified atom stereocenters. The van der Waals surface area contributed by atoms with Crippen molar-refractivity contribution in [3.05, 3.63) is 156 Å². The fourth-order valence-electron chi connectivity index (χ4n) is 8.04.